The molecule has 0 fully saturated rings. The van der Waals surface area contributed by atoms with Gasteiger partial charge in [0.1, 0.15) is 12.8 Å². The average Bonchev–Trinajstić information content (AvgIpc) is 2.54. The molecule has 23 heavy (non-hydrogen) atoms. The Bertz CT molecular complexity index is 588. The molecular weight excluding hydrogens is 292 g/mol. The Morgan fingerprint density at radius 2 is 1.61 bits per heavy atom. The Balaban J connectivity index is 1.87. The number of carbonyl (C=O) groups is 1. The van der Waals surface area contributed by atoms with Gasteiger partial charge in [-0.05, 0) is 17.5 Å². The molecule has 0 radical (unpaired) electrons. The predicted molar refractivity (Wildman–Crippen MR) is 88.5 cm³/mol. The van der Waals surface area contributed by atoms with E-state index in [2.05, 4.69) is 5.32 Å². The lowest BCUT2D eigenvalue weighted by atomic mass is 10.0. The number of benzene rings is 2. The third-order valence-corrected chi connectivity index (χ3v) is 3.39. The van der Waals surface area contributed by atoms with Crippen molar-refractivity contribution in [3.63, 3.8) is 0 Å². The molecule has 0 saturated heterocycles. The lowest BCUT2D eigenvalue weighted by Gasteiger charge is -2.20. The van der Waals surface area contributed by atoms with Gasteiger partial charge in [-0.25, -0.2) is 4.79 Å². The van der Waals surface area contributed by atoms with Crippen molar-refractivity contribution < 1.29 is 14.6 Å². The van der Waals surface area contributed by atoms with E-state index in [-0.39, 0.29) is 19.1 Å². The Morgan fingerprint density at radius 1 is 1.04 bits per heavy atom. The van der Waals surface area contributed by atoms with Gasteiger partial charge in [-0.1, -0.05) is 60.7 Å². The van der Waals surface area contributed by atoms with E-state index < -0.39 is 12.3 Å². The maximum Gasteiger partial charge on any atom is 0.407 e. The molecule has 0 aliphatic rings. The monoisotopic (exact) mass is 314 g/mol. The molecular formula is C18H22N2O3. The van der Waals surface area contributed by atoms with E-state index in [4.69, 9.17) is 10.5 Å². The lowest BCUT2D eigenvalue weighted by Crippen LogP contribution is -2.41. The third kappa shape index (κ3) is 6.50. The molecule has 122 valence electrons. The molecule has 1 amide bonds. The van der Waals surface area contributed by atoms with Crippen LogP contribution in [0.15, 0.2) is 60.7 Å². The zero-order valence-corrected chi connectivity index (χ0v) is 12.9. The van der Waals surface area contributed by atoms with Crippen molar-refractivity contribution in [3.05, 3.63) is 71.8 Å². The van der Waals surface area contributed by atoms with Crippen molar-refractivity contribution in [3.8, 4) is 0 Å². The van der Waals surface area contributed by atoms with Crippen LogP contribution in [0.25, 0.3) is 0 Å². The van der Waals surface area contributed by atoms with Crippen LogP contribution in [0.3, 0.4) is 0 Å². The molecule has 2 rings (SSSR count). The number of hydrogen-bond donors (Lipinski definition) is 3. The highest BCUT2D eigenvalue weighted by Gasteiger charge is 2.16. The number of carbonyl (C=O) groups excluding carboxylic acids is 1. The van der Waals surface area contributed by atoms with Gasteiger partial charge in [0, 0.05) is 12.5 Å². The van der Waals surface area contributed by atoms with Crippen molar-refractivity contribution in [2.24, 2.45) is 5.73 Å². The maximum absolute atomic E-state index is 11.9. The van der Waals surface area contributed by atoms with Crippen molar-refractivity contribution in [1.82, 2.24) is 5.32 Å². The molecule has 2 aromatic rings. The van der Waals surface area contributed by atoms with Gasteiger partial charge in [-0.3, -0.25) is 0 Å². The van der Waals surface area contributed by atoms with Crippen LogP contribution >= 0.6 is 0 Å². The van der Waals surface area contributed by atoms with Gasteiger partial charge in [0.2, 0.25) is 0 Å². The first-order valence-corrected chi connectivity index (χ1v) is 7.58. The number of alkyl carbamates (subject to hydrolysis) is 1. The summed E-state index contributed by atoms with van der Waals surface area (Å²) >= 11 is 0. The molecule has 5 heteroatoms. The number of nitrogens with two attached hydrogens (primary N) is 1. The molecule has 0 aromatic heterocycles. The third-order valence-electron chi connectivity index (χ3n) is 3.39. The fraction of sp³-hybridized carbons (Fsp3) is 0.278. The Morgan fingerprint density at radius 3 is 2.17 bits per heavy atom. The minimum atomic E-state index is -0.988. The molecule has 1 unspecified atom stereocenters. The first-order valence-electron chi connectivity index (χ1n) is 7.58. The SMILES string of the molecule is NC(O)C[C@H](Cc1ccccc1)NC(=O)OCc1ccccc1. The summed E-state index contributed by atoms with van der Waals surface area (Å²) < 4.78 is 5.21. The largest absolute Gasteiger partial charge is 0.445 e. The van der Waals surface area contributed by atoms with Crippen LogP contribution in [0.4, 0.5) is 4.79 Å². The Labute approximate surface area is 136 Å². The highest BCUT2D eigenvalue weighted by molar-refractivity contribution is 5.67. The number of aliphatic hydroxyl groups is 1. The fourth-order valence-corrected chi connectivity index (χ4v) is 2.31. The van der Waals surface area contributed by atoms with Crippen LogP contribution < -0.4 is 11.1 Å². The smallest absolute Gasteiger partial charge is 0.407 e. The van der Waals surface area contributed by atoms with Gasteiger partial charge < -0.3 is 20.9 Å². The second kappa shape index (κ2) is 8.92. The minimum absolute atomic E-state index is 0.204. The first-order chi connectivity index (χ1) is 11.1. The number of ether oxygens (including phenoxy) is 1. The number of rotatable bonds is 7. The van der Waals surface area contributed by atoms with Crippen LogP contribution in [0.5, 0.6) is 0 Å². The number of amides is 1. The topological polar surface area (TPSA) is 84.6 Å². The zero-order chi connectivity index (χ0) is 16.5. The number of aliphatic hydroxyl groups excluding tert-OH is 1. The van der Waals surface area contributed by atoms with Gasteiger partial charge in [-0.2, -0.15) is 0 Å². The minimum Gasteiger partial charge on any atom is -0.445 e. The van der Waals surface area contributed by atoms with E-state index in [9.17, 15) is 9.90 Å². The van der Waals surface area contributed by atoms with Gasteiger partial charge in [-0.15, -0.1) is 0 Å². The molecule has 0 heterocycles. The number of nitrogens with one attached hydrogen (secondary N) is 1. The standard InChI is InChI=1S/C18H22N2O3/c19-17(21)12-16(11-14-7-3-1-4-8-14)20-18(22)23-13-15-9-5-2-6-10-15/h1-10,16-17,21H,11-13,19H2,(H,20,22)/t16-,17?/m0/s1. The van der Waals surface area contributed by atoms with Gasteiger partial charge in [0.15, 0.2) is 0 Å². The van der Waals surface area contributed by atoms with Gasteiger partial charge in [0.25, 0.3) is 0 Å². The Hall–Kier alpha value is -2.37. The fourth-order valence-electron chi connectivity index (χ4n) is 2.31. The molecule has 2 atom stereocenters. The van der Waals surface area contributed by atoms with E-state index in [1.54, 1.807) is 0 Å². The summed E-state index contributed by atoms with van der Waals surface area (Å²) in [5.74, 6) is 0. The van der Waals surface area contributed by atoms with Crippen molar-refractivity contribution in [2.75, 3.05) is 0 Å². The van der Waals surface area contributed by atoms with Crippen molar-refractivity contribution in [1.29, 1.82) is 0 Å². The molecule has 5 nitrogen and oxygen atoms in total. The normalized spacial score (nSPS) is 13.1. The second-order valence-electron chi connectivity index (χ2n) is 5.40. The zero-order valence-electron chi connectivity index (χ0n) is 12.9. The van der Waals surface area contributed by atoms with Crippen LogP contribution in [-0.2, 0) is 17.8 Å². The molecule has 0 saturated carbocycles. The van der Waals surface area contributed by atoms with Gasteiger partial charge >= 0.3 is 6.09 Å². The quantitative estimate of drug-likeness (QED) is 0.684. The lowest BCUT2D eigenvalue weighted by molar-refractivity contribution is 0.124. The summed E-state index contributed by atoms with van der Waals surface area (Å²) in [5.41, 5.74) is 7.43. The van der Waals surface area contributed by atoms with E-state index >= 15 is 0 Å². The summed E-state index contributed by atoms with van der Waals surface area (Å²) in [6.45, 7) is 0.204. The van der Waals surface area contributed by atoms with Crippen LogP contribution in [-0.4, -0.2) is 23.5 Å². The summed E-state index contributed by atoms with van der Waals surface area (Å²) in [5, 5.41) is 12.2. The van der Waals surface area contributed by atoms with Gasteiger partial charge in [0.05, 0.1) is 0 Å². The van der Waals surface area contributed by atoms with Crippen LogP contribution in [0.1, 0.15) is 17.5 Å². The van der Waals surface area contributed by atoms with Crippen LogP contribution in [0, 0.1) is 0 Å². The summed E-state index contributed by atoms with van der Waals surface area (Å²) in [6, 6.07) is 18.9. The summed E-state index contributed by atoms with van der Waals surface area (Å²) in [7, 11) is 0. The molecule has 2 aromatic carbocycles. The van der Waals surface area contributed by atoms with Crippen LogP contribution in [0.2, 0.25) is 0 Å². The molecule has 4 N–H and O–H groups in total. The van der Waals surface area contributed by atoms with E-state index in [1.165, 1.54) is 0 Å². The summed E-state index contributed by atoms with van der Waals surface area (Å²) in [6.07, 6.45) is -0.668. The molecule has 0 aliphatic heterocycles. The molecule has 0 bridgehead atoms. The Kier molecular flexibility index (Phi) is 6.59. The van der Waals surface area contributed by atoms with E-state index in [1.807, 2.05) is 60.7 Å². The second-order valence-corrected chi connectivity index (χ2v) is 5.40. The van der Waals surface area contributed by atoms with E-state index in [0.29, 0.717) is 6.42 Å². The van der Waals surface area contributed by atoms with Crippen molar-refractivity contribution >= 4 is 6.09 Å². The van der Waals surface area contributed by atoms with E-state index in [0.717, 1.165) is 11.1 Å². The summed E-state index contributed by atoms with van der Waals surface area (Å²) in [4.78, 5) is 11.9. The predicted octanol–water partition coefficient (Wildman–Crippen LogP) is 2.19. The molecule has 0 spiro atoms. The average molecular weight is 314 g/mol. The first kappa shape index (κ1) is 17.0. The highest BCUT2D eigenvalue weighted by Crippen LogP contribution is 2.08. The highest BCUT2D eigenvalue weighted by atomic mass is 16.5. The number of hydrogen-bond acceptors (Lipinski definition) is 4. The molecule has 0 aliphatic carbocycles. The maximum atomic E-state index is 11.9. The van der Waals surface area contributed by atoms with Crippen molar-refractivity contribution in [2.45, 2.75) is 31.7 Å².